The lowest BCUT2D eigenvalue weighted by atomic mass is 9.85. The van der Waals surface area contributed by atoms with Gasteiger partial charge in [0.1, 0.15) is 12.1 Å². The molecule has 0 radical (unpaired) electrons. The number of alkyl halides is 3. The Hall–Kier alpha value is -4.33. The van der Waals surface area contributed by atoms with Crippen LogP contribution in [0.1, 0.15) is 63.4 Å². The molecule has 2 aromatic heterocycles. The number of ether oxygens (including phenoxy) is 3. The van der Waals surface area contributed by atoms with Crippen LogP contribution in [0.15, 0.2) is 67.1 Å². The average molecular weight is 684 g/mol. The second kappa shape index (κ2) is 14.8. The zero-order valence-electron chi connectivity index (χ0n) is 25.8. The van der Waals surface area contributed by atoms with Gasteiger partial charge in [0.2, 0.25) is 5.88 Å². The highest BCUT2D eigenvalue weighted by Crippen LogP contribution is 2.35. The summed E-state index contributed by atoms with van der Waals surface area (Å²) in [6, 6.07) is 12.5. The zero-order valence-corrected chi connectivity index (χ0v) is 26.5. The van der Waals surface area contributed by atoms with Crippen LogP contribution in [0, 0.1) is 0 Å². The van der Waals surface area contributed by atoms with Crippen LogP contribution in [0.3, 0.4) is 0 Å². The van der Waals surface area contributed by atoms with Crippen LogP contribution in [0.5, 0.6) is 5.88 Å². The number of benzene rings is 2. The van der Waals surface area contributed by atoms with Crippen molar-refractivity contribution in [3.05, 3.63) is 94.4 Å². The number of hydrogen-bond acceptors (Lipinski definition) is 8. The van der Waals surface area contributed by atoms with Crippen molar-refractivity contribution in [1.29, 1.82) is 0 Å². The van der Waals surface area contributed by atoms with E-state index in [2.05, 4.69) is 20.3 Å². The summed E-state index contributed by atoms with van der Waals surface area (Å²) in [6.07, 6.45) is 1.67. The highest BCUT2D eigenvalue weighted by molar-refractivity contribution is 6.35. The SMILES string of the molecule is O=C(N[C@@H]1CCN(C(=O)c2cc(Cl)c3nccnc3c2)C[C@@H]1c1ccccc1)c1cnc(OCCOC2CCCCO2)cc1C(F)(F)F. The molecule has 4 aromatic rings. The second-order valence-electron chi connectivity index (χ2n) is 11.6. The van der Waals surface area contributed by atoms with Gasteiger partial charge < -0.3 is 24.4 Å². The van der Waals surface area contributed by atoms with Gasteiger partial charge >= 0.3 is 6.18 Å². The third-order valence-electron chi connectivity index (χ3n) is 8.42. The summed E-state index contributed by atoms with van der Waals surface area (Å²) < 4.78 is 59.1. The van der Waals surface area contributed by atoms with E-state index in [-0.39, 0.29) is 44.4 Å². The van der Waals surface area contributed by atoms with E-state index < -0.39 is 35.2 Å². The van der Waals surface area contributed by atoms with Crippen molar-refractivity contribution in [2.75, 3.05) is 32.9 Å². The molecule has 2 amide bonds. The van der Waals surface area contributed by atoms with Gasteiger partial charge in [0.15, 0.2) is 6.29 Å². The van der Waals surface area contributed by atoms with E-state index >= 15 is 0 Å². The molecule has 252 valence electrons. The van der Waals surface area contributed by atoms with Crippen molar-refractivity contribution in [1.82, 2.24) is 25.2 Å². The average Bonchev–Trinajstić information content (AvgIpc) is 3.10. The van der Waals surface area contributed by atoms with Gasteiger partial charge in [-0.1, -0.05) is 41.9 Å². The number of rotatable bonds is 9. The quantitative estimate of drug-likeness (QED) is 0.212. The summed E-state index contributed by atoms with van der Waals surface area (Å²) in [7, 11) is 0. The third-order valence-corrected chi connectivity index (χ3v) is 8.71. The summed E-state index contributed by atoms with van der Waals surface area (Å²) in [5.74, 6) is -1.90. The number of carbonyl (C=O) groups is 2. The highest BCUT2D eigenvalue weighted by atomic mass is 35.5. The predicted molar refractivity (Wildman–Crippen MR) is 170 cm³/mol. The summed E-state index contributed by atoms with van der Waals surface area (Å²) in [6.45, 7) is 1.12. The van der Waals surface area contributed by atoms with Crippen LogP contribution in [-0.4, -0.2) is 76.9 Å². The highest BCUT2D eigenvalue weighted by Gasteiger charge is 2.39. The Bertz CT molecular complexity index is 1760. The number of amides is 2. The maximum atomic E-state index is 14.2. The number of nitrogens with zero attached hydrogens (tertiary/aromatic N) is 4. The van der Waals surface area contributed by atoms with E-state index in [4.69, 9.17) is 25.8 Å². The summed E-state index contributed by atoms with van der Waals surface area (Å²) >= 11 is 6.40. The Morgan fingerprint density at radius 2 is 1.83 bits per heavy atom. The first-order chi connectivity index (χ1) is 23.2. The van der Waals surface area contributed by atoms with Crippen LogP contribution in [0.4, 0.5) is 13.2 Å². The van der Waals surface area contributed by atoms with Crippen LogP contribution >= 0.6 is 11.6 Å². The van der Waals surface area contributed by atoms with E-state index in [0.717, 1.165) is 37.1 Å². The molecule has 14 heteroatoms. The van der Waals surface area contributed by atoms with E-state index in [0.29, 0.717) is 34.6 Å². The Kier molecular flexibility index (Phi) is 10.4. The van der Waals surface area contributed by atoms with Gasteiger partial charge in [-0.25, -0.2) is 4.98 Å². The fourth-order valence-corrected chi connectivity index (χ4v) is 6.29. The van der Waals surface area contributed by atoms with Crippen LogP contribution in [0.25, 0.3) is 11.0 Å². The largest absolute Gasteiger partial charge is 0.475 e. The van der Waals surface area contributed by atoms with E-state index in [1.165, 1.54) is 12.4 Å². The number of hydrogen-bond donors (Lipinski definition) is 1. The maximum Gasteiger partial charge on any atom is 0.417 e. The van der Waals surface area contributed by atoms with E-state index in [9.17, 15) is 22.8 Å². The first-order valence-electron chi connectivity index (χ1n) is 15.7. The molecular weight excluding hydrogens is 651 g/mol. The van der Waals surface area contributed by atoms with Crippen LogP contribution in [0.2, 0.25) is 5.02 Å². The van der Waals surface area contributed by atoms with Gasteiger partial charge in [0.05, 0.1) is 28.3 Å². The first kappa shape index (κ1) is 33.6. The lowest BCUT2D eigenvalue weighted by molar-refractivity contribution is -0.165. The summed E-state index contributed by atoms with van der Waals surface area (Å²) in [4.78, 5) is 41.2. The number of pyridine rings is 1. The molecule has 1 unspecified atom stereocenters. The normalized spacial score (nSPS) is 20.0. The first-order valence-corrected chi connectivity index (χ1v) is 16.0. The topological polar surface area (TPSA) is 116 Å². The standard InChI is InChI=1S/C34H33ClF3N5O5/c35-26-16-22(17-28-31(26)40-11-10-39-28)33(45)43-12-9-27(24(20-43)21-6-2-1-3-7-21)42-32(44)23-19-41-29(18-25(23)34(36,37)38)46-14-15-48-30-8-4-5-13-47-30/h1-3,6-7,10-11,16-19,24,27,30H,4-5,8-9,12-15,20H2,(H,42,44)/t24-,27-,30?/m1/s1. The Labute approximate surface area is 279 Å². The Balaban J connectivity index is 1.17. The van der Waals surface area contributed by atoms with Crippen molar-refractivity contribution in [3.8, 4) is 5.88 Å². The molecular formula is C34H33ClF3N5O5. The number of carbonyl (C=O) groups excluding carboxylic acids is 2. The van der Waals surface area contributed by atoms with Crippen molar-refractivity contribution < 1.29 is 37.0 Å². The number of halogens is 4. The summed E-state index contributed by atoms with van der Waals surface area (Å²) in [5.41, 5.74) is 0.315. The van der Waals surface area contributed by atoms with Crippen LogP contribution < -0.4 is 10.1 Å². The molecule has 3 atom stereocenters. The van der Waals surface area contributed by atoms with Crippen LogP contribution in [-0.2, 0) is 15.7 Å². The summed E-state index contributed by atoms with van der Waals surface area (Å²) in [5, 5.41) is 3.10. The molecule has 48 heavy (non-hydrogen) atoms. The Morgan fingerprint density at radius 1 is 1.02 bits per heavy atom. The predicted octanol–water partition coefficient (Wildman–Crippen LogP) is 6.05. The molecule has 0 spiro atoms. The zero-order chi connectivity index (χ0) is 33.7. The van der Waals surface area contributed by atoms with Gasteiger partial charge in [-0.2, -0.15) is 13.2 Å². The van der Waals surface area contributed by atoms with Gasteiger partial charge in [-0.15, -0.1) is 0 Å². The minimum atomic E-state index is -4.85. The minimum absolute atomic E-state index is 0.0371. The van der Waals surface area contributed by atoms with E-state index in [1.54, 1.807) is 17.0 Å². The van der Waals surface area contributed by atoms with Crippen molar-refractivity contribution in [2.24, 2.45) is 0 Å². The number of fused-ring (bicyclic) bond motifs is 1. The third kappa shape index (κ3) is 7.86. The number of aromatic nitrogens is 3. The fraction of sp³-hybridized carbons (Fsp3) is 0.382. The molecule has 2 aromatic carbocycles. The molecule has 0 aliphatic carbocycles. The van der Waals surface area contributed by atoms with Gasteiger partial charge in [-0.05, 0) is 43.4 Å². The lowest BCUT2D eigenvalue weighted by Gasteiger charge is -2.39. The Morgan fingerprint density at radius 3 is 2.60 bits per heavy atom. The number of piperidine rings is 1. The van der Waals surface area contributed by atoms with Crippen molar-refractivity contribution in [3.63, 3.8) is 0 Å². The van der Waals surface area contributed by atoms with Crippen molar-refractivity contribution in [2.45, 2.75) is 50.1 Å². The fourth-order valence-electron chi connectivity index (χ4n) is 6.03. The molecule has 2 aliphatic rings. The molecule has 4 heterocycles. The molecule has 10 nitrogen and oxygen atoms in total. The van der Waals surface area contributed by atoms with Gasteiger partial charge in [-0.3, -0.25) is 19.6 Å². The lowest BCUT2D eigenvalue weighted by Crippen LogP contribution is -2.51. The molecule has 1 N–H and O–H groups in total. The monoisotopic (exact) mass is 683 g/mol. The second-order valence-corrected chi connectivity index (χ2v) is 12.0. The maximum absolute atomic E-state index is 14.2. The molecule has 0 bridgehead atoms. The molecule has 2 fully saturated rings. The molecule has 2 saturated heterocycles. The molecule has 2 aliphatic heterocycles. The number of nitrogens with one attached hydrogen (secondary N) is 1. The van der Waals surface area contributed by atoms with E-state index in [1.807, 2.05) is 30.3 Å². The molecule has 0 saturated carbocycles. The van der Waals surface area contributed by atoms with Gasteiger partial charge in [0, 0.05) is 61.9 Å². The number of likely N-dealkylation sites (tertiary alicyclic amines) is 1. The molecule has 6 rings (SSSR count). The minimum Gasteiger partial charge on any atom is -0.475 e. The smallest absolute Gasteiger partial charge is 0.417 e. The van der Waals surface area contributed by atoms with Gasteiger partial charge in [0.25, 0.3) is 11.8 Å². The van der Waals surface area contributed by atoms with Crippen molar-refractivity contribution >= 4 is 34.4 Å².